The fraction of sp³-hybridized carbons (Fsp3) is 0.500. The Morgan fingerprint density at radius 2 is 2.35 bits per heavy atom. The topological polar surface area (TPSA) is 27.3 Å². The average molecular weight is 316 g/mol. The van der Waals surface area contributed by atoms with Crippen LogP contribution in [0.5, 0.6) is 0 Å². The van der Waals surface area contributed by atoms with E-state index in [1.54, 1.807) is 6.07 Å². The first-order chi connectivity index (χ1) is 9.60. The van der Waals surface area contributed by atoms with Crippen molar-refractivity contribution < 1.29 is 4.39 Å². The van der Waals surface area contributed by atoms with E-state index in [9.17, 15) is 4.39 Å². The highest BCUT2D eigenvalue weighted by Crippen LogP contribution is 2.19. The molecular formula is C14H19ClFN3S. The maximum absolute atomic E-state index is 13.1. The summed E-state index contributed by atoms with van der Waals surface area (Å²) in [5, 5.41) is 6.86. The van der Waals surface area contributed by atoms with Crippen LogP contribution in [0.2, 0.25) is 5.02 Å². The van der Waals surface area contributed by atoms with E-state index in [1.807, 2.05) is 0 Å². The molecule has 1 aliphatic rings. The number of nitrogens with zero attached hydrogens (tertiary/aromatic N) is 1. The van der Waals surface area contributed by atoms with Gasteiger partial charge in [0.05, 0.1) is 5.02 Å². The molecule has 0 aromatic heterocycles. The second-order valence-electron chi connectivity index (χ2n) is 4.89. The third-order valence-corrected chi connectivity index (χ3v) is 4.12. The van der Waals surface area contributed by atoms with Gasteiger partial charge < -0.3 is 10.6 Å². The summed E-state index contributed by atoms with van der Waals surface area (Å²) in [7, 11) is 0. The molecule has 110 valence electrons. The van der Waals surface area contributed by atoms with Crippen molar-refractivity contribution in [3.63, 3.8) is 0 Å². The minimum absolute atomic E-state index is 0.0887. The van der Waals surface area contributed by atoms with Crippen molar-refractivity contribution in [2.45, 2.75) is 25.8 Å². The van der Waals surface area contributed by atoms with E-state index in [0.29, 0.717) is 16.8 Å². The van der Waals surface area contributed by atoms with Gasteiger partial charge in [-0.15, -0.1) is 0 Å². The first kappa shape index (κ1) is 15.5. The number of likely N-dealkylation sites (N-methyl/N-ethyl adjacent to an activating group) is 1. The SMILES string of the molecule is CCN1CCC[C@H]1CNC(=S)Nc1ccc(F)c(Cl)c1. The number of hydrogen-bond donors (Lipinski definition) is 2. The van der Waals surface area contributed by atoms with Gasteiger partial charge in [-0.25, -0.2) is 4.39 Å². The van der Waals surface area contributed by atoms with Crippen LogP contribution in [0.1, 0.15) is 19.8 Å². The van der Waals surface area contributed by atoms with Gasteiger partial charge in [-0.3, -0.25) is 4.90 Å². The standard InChI is InChI=1S/C14H19ClFN3S/c1-2-19-7-3-4-11(19)9-17-14(20)18-10-5-6-13(16)12(15)8-10/h5-6,8,11H,2-4,7,9H2,1H3,(H2,17,18,20)/t11-/m0/s1. The molecule has 20 heavy (non-hydrogen) atoms. The zero-order chi connectivity index (χ0) is 14.5. The maximum atomic E-state index is 13.1. The molecule has 1 aliphatic heterocycles. The van der Waals surface area contributed by atoms with Crippen molar-refractivity contribution >= 4 is 34.6 Å². The molecule has 6 heteroatoms. The molecule has 2 N–H and O–H groups in total. The number of hydrogen-bond acceptors (Lipinski definition) is 2. The third-order valence-electron chi connectivity index (χ3n) is 3.58. The smallest absolute Gasteiger partial charge is 0.170 e. The van der Waals surface area contributed by atoms with Gasteiger partial charge in [0.15, 0.2) is 5.11 Å². The lowest BCUT2D eigenvalue weighted by atomic mass is 10.2. The number of nitrogens with one attached hydrogen (secondary N) is 2. The molecular weight excluding hydrogens is 297 g/mol. The second-order valence-corrected chi connectivity index (χ2v) is 5.70. The highest BCUT2D eigenvalue weighted by atomic mass is 35.5. The van der Waals surface area contributed by atoms with Crippen molar-refractivity contribution in [3.8, 4) is 0 Å². The van der Waals surface area contributed by atoms with E-state index in [0.717, 1.165) is 19.6 Å². The number of anilines is 1. The van der Waals surface area contributed by atoms with Crippen molar-refractivity contribution in [1.29, 1.82) is 0 Å². The Labute approximate surface area is 129 Å². The lowest BCUT2D eigenvalue weighted by molar-refractivity contribution is 0.267. The van der Waals surface area contributed by atoms with Crippen molar-refractivity contribution in [1.82, 2.24) is 10.2 Å². The minimum Gasteiger partial charge on any atom is -0.361 e. The van der Waals surface area contributed by atoms with Crippen molar-refractivity contribution in [3.05, 3.63) is 29.0 Å². The Morgan fingerprint density at radius 3 is 3.05 bits per heavy atom. The van der Waals surface area contributed by atoms with Crippen molar-refractivity contribution in [2.75, 3.05) is 25.0 Å². The molecule has 2 rings (SSSR count). The normalized spacial score (nSPS) is 19.1. The summed E-state index contributed by atoms with van der Waals surface area (Å²) in [6.07, 6.45) is 2.44. The molecule has 0 amide bonds. The highest BCUT2D eigenvalue weighted by Gasteiger charge is 2.22. The molecule has 0 unspecified atom stereocenters. The number of halogens is 2. The van der Waals surface area contributed by atoms with Crippen LogP contribution >= 0.6 is 23.8 Å². The van der Waals surface area contributed by atoms with Crippen LogP contribution in [-0.2, 0) is 0 Å². The quantitative estimate of drug-likeness (QED) is 0.834. The van der Waals surface area contributed by atoms with Crippen LogP contribution in [-0.4, -0.2) is 35.7 Å². The largest absolute Gasteiger partial charge is 0.361 e. The minimum atomic E-state index is -0.430. The van der Waals surface area contributed by atoms with Crippen LogP contribution in [0.3, 0.4) is 0 Å². The molecule has 1 saturated heterocycles. The van der Waals surface area contributed by atoms with Gasteiger partial charge in [-0.2, -0.15) is 0 Å². The predicted molar refractivity (Wildman–Crippen MR) is 85.9 cm³/mol. The summed E-state index contributed by atoms with van der Waals surface area (Å²) >= 11 is 11.0. The van der Waals surface area contributed by atoms with Crippen LogP contribution in [0.25, 0.3) is 0 Å². The Kier molecular flexibility index (Phi) is 5.57. The zero-order valence-corrected chi connectivity index (χ0v) is 13.0. The van der Waals surface area contributed by atoms with Crippen LogP contribution in [0.15, 0.2) is 18.2 Å². The molecule has 0 saturated carbocycles. The summed E-state index contributed by atoms with van der Waals surface area (Å²) in [6, 6.07) is 5.00. The fourth-order valence-electron chi connectivity index (χ4n) is 2.50. The fourth-order valence-corrected chi connectivity index (χ4v) is 2.88. The van der Waals surface area contributed by atoms with Gasteiger partial charge in [-0.1, -0.05) is 18.5 Å². The third kappa shape index (κ3) is 4.04. The lowest BCUT2D eigenvalue weighted by Crippen LogP contribution is -2.41. The summed E-state index contributed by atoms with van der Waals surface area (Å²) in [5.41, 5.74) is 0.688. The van der Waals surface area contributed by atoms with Gasteiger partial charge in [0.1, 0.15) is 5.82 Å². The Bertz CT molecular complexity index is 483. The van der Waals surface area contributed by atoms with Gasteiger partial charge >= 0.3 is 0 Å². The van der Waals surface area contributed by atoms with E-state index >= 15 is 0 Å². The maximum Gasteiger partial charge on any atom is 0.170 e. The molecule has 1 heterocycles. The molecule has 1 fully saturated rings. The van der Waals surface area contributed by atoms with Crippen molar-refractivity contribution in [2.24, 2.45) is 0 Å². The number of rotatable bonds is 4. The van der Waals surface area contributed by atoms with E-state index in [-0.39, 0.29) is 5.02 Å². The van der Waals surface area contributed by atoms with Gasteiger partial charge in [0, 0.05) is 18.3 Å². The first-order valence-electron chi connectivity index (χ1n) is 6.84. The van der Waals surface area contributed by atoms with Crippen LogP contribution in [0.4, 0.5) is 10.1 Å². The molecule has 0 aliphatic carbocycles. The first-order valence-corrected chi connectivity index (χ1v) is 7.62. The molecule has 1 aromatic carbocycles. The number of benzene rings is 1. The molecule has 0 bridgehead atoms. The average Bonchev–Trinajstić information content (AvgIpc) is 2.88. The van der Waals surface area contributed by atoms with E-state index in [1.165, 1.54) is 25.0 Å². The number of thiocarbonyl (C=S) groups is 1. The molecule has 0 spiro atoms. The van der Waals surface area contributed by atoms with E-state index in [4.69, 9.17) is 23.8 Å². The molecule has 1 atom stereocenters. The second kappa shape index (κ2) is 7.20. The summed E-state index contributed by atoms with van der Waals surface area (Å²) in [6.45, 7) is 5.24. The van der Waals surface area contributed by atoms with Gasteiger partial charge in [0.2, 0.25) is 0 Å². The zero-order valence-electron chi connectivity index (χ0n) is 11.5. The van der Waals surface area contributed by atoms with Gasteiger partial charge in [-0.05, 0) is 56.3 Å². The number of likely N-dealkylation sites (tertiary alicyclic amines) is 1. The van der Waals surface area contributed by atoms with Crippen LogP contribution < -0.4 is 10.6 Å². The monoisotopic (exact) mass is 315 g/mol. The molecule has 0 radical (unpaired) electrons. The highest BCUT2D eigenvalue weighted by molar-refractivity contribution is 7.80. The van der Waals surface area contributed by atoms with Gasteiger partial charge in [0.25, 0.3) is 0 Å². The van der Waals surface area contributed by atoms with Crippen LogP contribution in [0, 0.1) is 5.82 Å². The van der Waals surface area contributed by atoms with E-state index in [2.05, 4.69) is 22.5 Å². The molecule has 1 aromatic rings. The lowest BCUT2D eigenvalue weighted by Gasteiger charge is -2.23. The Morgan fingerprint density at radius 1 is 1.55 bits per heavy atom. The Balaban J connectivity index is 1.81. The summed E-state index contributed by atoms with van der Waals surface area (Å²) in [4.78, 5) is 2.45. The Hall–Kier alpha value is -0.910. The summed E-state index contributed by atoms with van der Waals surface area (Å²) in [5.74, 6) is -0.430. The summed E-state index contributed by atoms with van der Waals surface area (Å²) < 4.78 is 13.1. The predicted octanol–water partition coefficient (Wildman–Crippen LogP) is 3.25. The van der Waals surface area contributed by atoms with E-state index < -0.39 is 5.82 Å². The molecule has 3 nitrogen and oxygen atoms in total.